The predicted octanol–water partition coefficient (Wildman–Crippen LogP) is 1.13. The minimum absolute atomic E-state index is 0.0136. The Hall–Kier alpha value is -2.34. The average Bonchev–Trinajstić information content (AvgIpc) is 3.07. The van der Waals surface area contributed by atoms with E-state index in [4.69, 9.17) is 4.74 Å². The number of rotatable bonds is 4. The fourth-order valence-corrected chi connectivity index (χ4v) is 2.87. The van der Waals surface area contributed by atoms with Gasteiger partial charge in [-0.1, -0.05) is 18.2 Å². The van der Waals surface area contributed by atoms with Crippen molar-refractivity contribution < 1.29 is 9.53 Å². The van der Waals surface area contributed by atoms with Crippen molar-refractivity contribution in [3.63, 3.8) is 0 Å². The third kappa shape index (κ3) is 2.96. The summed E-state index contributed by atoms with van der Waals surface area (Å²) in [7, 11) is 1.66. The molecule has 6 nitrogen and oxygen atoms in total. The Balaban J connectivity index is 1.83. The SMILES string of the molecule is COc1ccccc1[C@@H]1CNCCN1C(=O)Cc1cnc[nH]1. The number of carbonyl (C=O) groups excluding carboxylic acids is 1. The minimum atomic E-state index is -0.0136. The van der Waals surface area contributed by atoms with Crippen LogP contribution in [0.4, 0.5) is 0 Å². The molecule has 0 aliphatic carbocycles. The second-order valence-electron chi connectivity index (χ2n) is 5.30. The average molecular weight is 300 g/mol. The summed E-state index contributed by atoms with van der Waals surface area (Å²) in [4.78, 5) is 21.5. The van der Waals surface area contributed by atoms with Crippen LogP contribution in [0.15, 0.2) is 36.8 Å². The number of ether oxygens (including phenoxy) is 1. The van der Waals surface area contributed by atoms with Crippen LogP contribution in [-0.4, -0.2) is 47.5 Å². The number of aromatic amines is 1. The van der Waals surface area contributed by atoms with E-state index in [-0.39, 0.29) is 11.9 Å². The molecule has 3 rings (SSSR count). The molecule has 0 unspecified atom stereocenters. The van der Waals surface area contributed by atoms with E-state index in [0.717, 1.165) is 30.1 Å². The highest BCUT2D eigenvalue weighted by molar-refractivity contribution is 5.79. The molecule has 0 bridgehead atoms. The number of hydrogen-bond acceptors (Lipinski definition) is 4. The fraction of sp³-hybridized carbons (Fsp3) is 0.375. The molecule has 2 N–H and O–H groups in total. The summed E-state index contributed by atoms with van der Waals surface area (Å²) in [6, 6.07) is 7.86. The number of H-pyrrole nitrogens is 1. The number of para-hydroxylation sites is 1. The number of imidazole rings is 1. The van der Waals surface area contributed by atoms with Crippen molar-refractivity contribution in [3.8, 4) is 5.75 Å². The fourth-order valence-electron chi connectivity index (χ4n) is 2.87. The van der Waals surface area contributed by atoms with E-state index in [9.17, 15) is 4.79 Å². The molecule has 6 heteroatoms. The van der Waals surface area contributed by atoms with Gasteiger partial charge < -0.3 is 19.9 Å². The summed E-state index contributed by atoms with van der Waals surface area (Å²) in [6.45, 7) is 2.23. The molecule has 0 spiro atoms. The van der Waals surface area contributed by atoms with Crippen LogP contribution in [0.5, 0.6) is 5.75 Å². The van der Waals surface area contributed by atoms with Crippen molar-refractivity contribution in [2.45, 2.75) is 12.5 Å². The molecular formula is C16H20N4O2. The van der Waals surface area contributed by atoms with Gasteiger partial charge in [0.2, 0.25) is 5.91 Å². The second kappa shape index (κ2) is 6.62. The molecule has 1 fully saturated rings. The first-order chi connectivity index (χ1) is 10.8. The highest BCUT2D eigenvalue weighted by Crippen LogP contribution is 2.30. The Labute approximate surface area is 129 Å². The van der Waals surface area contributed by atoms with Gasteiger partial charge in [-0.15, -0.1) is 0 Å². The zero-order chi connectivity index (χ0) is 15.4. The van der Waals surface area contributed by atoms with E-state index in [2.05, 4.69) is 15.3 Å². The monoisotopic (exact) mass is 300 g/mol. The van der Waals surface area contributed by atoms with Crippen LogP contribution in [0.2, 0.25) is 0 Å². The number of nitrogens with zero attached hydrogens (tertiary/aromatic N) is 2. The van der Waals surface area contributed by atoms with Gasteiger partial charge in [0, 0.05) is 37.1 Å². The number of piperazine rings is 1. The first-order valence-corrected chi connectivity index (χ1v) is 7.40. The van der Waals surface area contributed by atoms with Crippen molar-refractivity contribution in [2.24, 2.45) is 0 Å². The summed E-state index contributed by atoms with van der Waals surface area (Å²) in [5.74, 6) is 0.914. The number of benzene rings is 1. The van der Waals surface area contributed by atoms with E-state index >= 15 is 0 Å². The molecule has 1 atom stereocenters. The van der Waals surface area contributed by atoms with Crippen molar-refractivity contribution in [1.82, 2.24) is 20.2 Å². The normalized spacial score (nSPS) is 18.2. The topological polar surface area (TPSA) is 70.2 Å². The number of nitrogens with one attached hydrogen (secondary N) is 2. The zero-order valence-corrected chi connectivity index (χ0v) is 12.6. The molecule has 1 saturated heterocycles. The summed E-state index contributed by atoms with van der Waals surface area (Å²) < 4.78 is 5.45. The number of carbonyl (C=O) groups is 1. The molecule has 2 aromatic rings. The van der Waals surface area contributed by atoms with Crippen LogP contribution in [-0.2, 0) is 11.2 Å². The third-order valence-electron chi connectivity index (χ3n) is 3.96. The smallest absolute Gasteiger partial charge is 0.229 e. The number of hydrogen-bond donors (Lipinski definition) is 2. The van der Waals surface area contributed by atoms with Crippen LogP contribution in [0, 0.1) is 0 Å². The maximum atomic E-state index is 12.7. The van der Waals surface area contributed by atoms with Crippen molar-refractivity contribution in [3.05, 3.63) is 48.0 Å². The molecule has 1 aromatic carbocycles. The summed E-state index contributed by atoms with van der Waals surface area (Å²) in [5.41, 5.74) is 1.87. The first-order valence-electron chi connectivity index (χ1n) is 7.40. The van der Waals surface area contributed by atoms with Crippen LogP contribution < -0.4 is 10.1 Å². The Morgan fingerprint density at radius 3 is 3.09 bits per heavy atom. The Morgan fingerprint density at radius 1 is 1.45 bits per heavy atom. The van der Waals surface area contributed by atoms with E-state index in [1.54, 1.807) is 19.6 Å². The lowest BCUT2D eigenvalue weighted by atomic mass is 10.0. The van der Waals surface area contributed by atoms with Crippen LogP contribution >= 0.6 is 0 Å². The van der Waals surface area contributed by atoms with Gasteiger partial charge in [0.1, 0.15) is 5.75 Å². The number of amides is 1. The predicted molar refractivity (Wildman–Crippen MR) is 82.6 cm³/mol. The van der Waals surface area contributed by atoms with Crippen LogP contribution in [0.3, 0.4) is 0 Å². The van der Waals surface area contributed by atoms with Crippen molar-refractivity contribution in [1.29, 1.82) is 0 Å². The van der Waals surface area contributed by atoms with Crippen LogP contribution in [0.1, 0.15) is 17.3 Å². The van der Waals surface area contributed by atoms with Gasteiger partial charge in [0.25, 0.3) is 0 Å². The largest absolute Gasteiger partial charge is 0.496 e. The Morgan fingerprint density at radius 2 is 2.32 bits per heavy atom. The van der Waals surface area contributed by atoms with Gasteiger partial charge in [-0.05, 0) is 6.07 Å². The van der Waals surface area contributed by atoms with E-state index in [1.165, 1.54) is 0 Å². The molecule has 0 saturated carbocycles. The Kier molecular flexibility index (Phi) is 4.39. The third-order valence-corrected chi connectivity index (χ3v) is 3.96. The van der Waals surface area contributed by atoms with E-state index in [1.807, 2.05) is 29.2 Å². The zero-order valence-electron chi connectivity index (χ0n) is 12.6. The highest BCUT2D eigenvalue weighted by Gasteiger charge is 2.29. The molecule has 116 valence electrons. The number of aromatic nitrogens is 2. The Bertz CT molecular complexity index is 627. The lowest BCUT2D eigenvalue weighted by Crippen LogP contribution is -2.49. The van der Waals surface area contributed by atoms with Crippen molar-refractivity contribution in [2.75, 3.05) is 26.7 Å². The standard InChI is InChI=1S/C16H20N4O2/c1-22-15-5-3-2-4-13(15)14-10-17-6-7-20(14)16(21)8-12-9-18-11-19-12/h2-5,9,11,14,17H,6-8,10H2,1H3,(H,18,19)/t14-/m0/s1. The van der Waals surface area contributed by atoms with Gasteiger partial charge in [0.15, 0.2) is 0 Å². The van der Waals surface area contributed by atoms with Crippen molar-refractivity contribution >= 4 is 5.91 Å². The second-order valence-corrected chi connectivity index (χ2v) is 5.30. The maximum absolute atomic E-state index is 12.7. The molecule has 1 amide bonds. The molecule has 1 aliphatic heterocycles. The van der Waals surface area contributed by atoms with Gasteiger partial charge in [-0.2, -0.15) is 0 Å². The van der Waals surface area contributed by atoms with Crippen LogP contribution in [0.25, 0.3) is 0 Å². The summed E-state index contributed by atoms with van der Waals surface area (Å²) in [6.07, 6.45) is 3.63. The minimum Gasteiger partial charge on any atom is -0.496 e. The summed E-state index contributed by atoms with van der Waals surface area (Å²) >= 11 is 0. The van der Waals surface area contributed by atoms with E-state index < -0.39 is 0 Å². The molecule has 2 heterocycles. The lowest BCUT2D eigenvalue weighted by Gasteiger charge is -2.37. The van der Waals surface area contributed by atoms with E-state index in [0.29, 0.717) is 13.0 Å². The molecular weight excluding hydrogens is 280 g/mol. The number of methoxy groups -OCH3 is 1. The lowest BCUT2D eigenvalue weighted by molar-refractivity contribution is -0.133. The molecule has 22 heavy (non-hydrogen) atoms. The maximum Gasteiger partial charge on any atom is 0.229 e. The quantitative estimate of drug-likeness (QED) is 0.888. The first kappa shape index (κ1) is 14.6. The van der Waals surface area contributed by atoms with Gasteiger partial charge >= 0.3 is 0 Å². The molecule has 1 aliphatic rings. The van der Waals surface area contributed by atoms with Gasteiger partial charge in [0.05, 0.1) is 25.9 Å². The highest BCUT2D eigenvalue weighted by atomic mass is 16.5. The van der Waals surface area contributed by atoms with Gasteiger partial charge in [-0.3, -0.25) is 4.79 Å². The molecule has 1 aromatic heterocycles. The van der Waals surface area contributed by atoms with Gasteiger partial charge in [-0.25, -0.2) is 4.98 Å². The molecule has 0 radical (unpaired) electrons. The summed E-state index contributed by atoms with van der Waals surface area (Å²) in [5, 5.41) is 3.36.